The van der Waals surface area contributed by atoms with Crippen molar-refractivity contribution in [2.24, 2.45) is 0 Å². The summed E-state index contributed by atoms with van der Waals surface area (Å²) in [6, 6.07) is 8.55. The number of amides is 2. The molecule has 0 aliphatic carbocycles. The summed E-state index contributed by atoms with van der Waals surface area (Å²) >= 11 is 1.00. The number of carbonyl (C=O) groups is 2. The van der Waals surface area contributed by atoms with Gasteiger partial charge < -0.3 is 21.1 Å². The van der Waals surface area contributed by atoms with E-state index in [0.717, 1.165) is 11.3 Å². The van der Waals surface area contributed by atoms with Gasteiger partial charge in [0.25, 0.3) is 17.4 Å². The number of rotatable bonds is 7. The molecule has 0 atom stereocenters. The van der Waals surface area contributed by atoms with Gasteiger partial charge in [-0.15, -0.1) is 17.8 Å². The highest BCUT2D eigenvalue weighted by Crippen LogP contribution is 2.16. The van der Waals surface area contributed by atoms with Crippen LogP contribution in [0.5, 0.6) is 0 Å². The number of carbonyl (C=O) groups excluding carboxylic acids is 2. The van der Waals surface area contributed by atoms with E-state index in [4.69, 9.17) is 6.42 Å². The first kappa shape index (κ1) is 24.4. The van der Waals surface area contributed by atoms with Crippen molar-refractivity contribution in [1.82, 2.24) is 9.88 Å². The molecule has 0 saturated carbocycles. The summed E-state index contributed by atoms with van der Waals surface area (Å²) in [5, 5.41) is 27.2. The number of aliphatic hydroxyl groups is 1. The van der Waals surface area contributed by atoms with Gasteiger partial charge in [0.2, 0.25) is 0 Å². The molecule has 0 aliphatic heterocycles. The third kappa shape index (κ3) is 5.85. The van der Waals surface area contributed by atoms with Crippen LogP contribution in [-0.2, 0) is 16.1 Å². The van der Waals surface area contributed by atoms with Crippen LogP contribution < -0.4 is 30.7 Å². The lowest BCUT2D eigenvalue weighted by atomic mass is 10.1. The largest absolute Gasteiger partial charge is 0.381 e. The van der Waals surface area contributed by atoms with Crippen LogP contribution in [0.1, 0.15) is 20.8 Å². The van der Waals surface area contributed by atoms with Crippen LogP contribution in [0.3, 0.4) is 0 Å². The summed E-state index contributed by atoms with van der Waals surface area (Å²) in [6.45, 7) is 4.73. The fourth-order valence-electron chi connectivity index (χ4n) is 2.53. The Morgan fingerprint density at radius 2 is 2.03 bits per heavy atom. The second kappa shape index (κ2) is 10.4. The Morgan fingerprint density at radius 1 is 1.34 bits per heavy atom. The molecule has 2 aromatic rings. The molecular weight excluding hydrogens is 430 g/mol. The molecule has 0 radical (unpaired) electrons. The van der Waals surface area contributed by atoms with Gasteiger partial charge in [0, 0.05) is 24.1 Å². The van der Waals surface area contributed by atoms with Gasteiger partial charge in [0.15, 0.2) is 5.57 Å². The van der Waals surface area contributed by atoms with Gasteiger partial charge in [-0.25, -0.2) is 0 Å². The van der Waals surface area contributed by atoms with Crippen LogP contribution in [0, 0.1) is 23.7 Å². The van der Waals surface area contributed by atoms with E-state index in [-0.39, 0.29) is 33.4 Å². The number of nitriles is 1. The van der Waals surface area contributed by atoms with E-state index in [1.54, 1.807) is 31.2 Å². The first-order chi connectivity index (χ1) is 15.1. The van der Waals surface area contributed by atoms with Crippen molar-refractivity contribution in [3.63, 3.8) is 0 Å². The van der Waals surface area contributed by atoms with Crippen molar-refractivity contribution in [1.29, 1.82) is 5.26 Å². The predicted molar refractivity (Wildman–Crippen MR) is 124 cm³/mol. The summed E-state index contributed by atoms with van der Waals surface area (Å²) < 4.78 is 1.85. The number of terminal acetylenes is 1. The number of anilines is 2. The van der Waals surface area contributed by atoms with E-state index >= 15 is 0 Å². The number of aromatic nitrogens is 1. The van der Waals surface area contributed by atoms with Crippen molar-refractivity contribution in [3.8, 4) is 18.4 Å². The van der Waals surface area contributed by atoms with Crippen LogP contribution in [-0.4, -0.2) is 33.6 Å². The molecule has 0 unspecified atom stereocenters. The molecule has 10 heteroatoms. The van der Waals surface area contributed by atoms with Crippen LogP contribution >= 0.6 is 11.3 Å². The Balaban J connectivity index is 2.42. The van der Waals surface area contributed by atoms with E-state index in [1.807, 2.05) is 6.07 Å². The second-order valence-corrected chi connectivity index (χ2v) is 8.11. The molecule has 0 fully saturated rings. The molecule has 166 valence electrons. The molecule has 1 heterocycles. The van der Waals surface area contributed by atoms with Crippen molar-refractivity contribution in [2.75, 3.05) is 17.2 Å². The number of hydrogen-bond acceptors (Lipinski definition) is 7. The van der Waals surface area contributed by atoms with Crippen LogP contribution in [0.4, 0.5) is 11.4 Å². The molecule has 4 N–H and O–H groups in total. The molecule has 2 rings (SSSR count). The zero-order chi connectivity index (χ0) is 23.9. The minimum absolute atomic E-state index is 0.0351. The lowest BCUT2D eigenvalue weighted by Crippen LogP contribution is -2.36. The van der Waals surface area contributed by atoms with E-state index in [9.17, 15) is 24.8 Å². The number of nitrogens with zero attached hydrogens (tertiary/aromatic N) is 2. The SMILES string of the molecule is C#CCNC(=O)C(C#N)=c1sc(=CNc2cccc(NC(=O)C(C)(C)O)c2)c(=O)n1CC. The summed E-state index contributed by atoms with van der Waals surface area (Å²) in [5.41, 5.74) is -1.05. The van der Waals surface area contributed by atoms with Gasteiger partial charge in [-0.3, -0.25) is 19.0 Å². The quantitative estimate of drug-likeness (QED) is 0.433. The molecule has 0 spiro atoms. The average molecular weight is 454 g/mol. The highest BCUT2D eigenvalue weighted by molar-refractivity contribution is 7.07. The maximum Gasteiger partial charge on any atom is 0.270 e. The average Bonchev–Trinajstić information content (AvgIpc) is 3.05. The molecule has 1 aromatic carbocycles. The third-order valence-corrected chi connectivity index (χ3v) is 5.30. The summed E-state index contributed by atoms with van der Waals surface area (Å²) in [7, 11) is 0. The van der Waals surface area contributed by atoms with Gasteiger partial charge in [0.05, 0.1) is 6.54 Å². The Hall–Kier alpha value is -3.86. The van der Waals surface area contributed by atoms with Crippen molar-refractivity contribution in [2.45, 2.75) is 32.9 Å². The van der Waals surface area contributed by atoms with Crippen molar-refractivity contribution < 1.29 is 14.7 Å². The molecular formula is C22H23N5O4S. The monoisotopic (exact) mass is 453 g/mol. The van der Waals surface area contributed by atoms with Crippen molar-refractivity contribution in [3.05, 3.63) is 43.8 Å². The van der Waals surface area contributed by atoms with Crippen molar-refractivity contribution >= 4 is 46.3 Å². The lowest BCUT2D eigenvalue weighted by Gasteiger charge is -2.16. The van der Waals surface area contributed by atoms with E-state index < -0.39 is 17.4 Å². The number of benzene rings is 1. The Kier molecular flexibility index (Phi) is 7.97. The molecule has 1 aromatic heterocycles. The van der Waals surface area contributed by atoms with Gasteiger partial charge in [-0.1, -0.05) is 12.0 Å². The molecule has 0 saturated heterocycles. The smallest absolute Gasteiger partial charge is 0.270 e. The highest BCUT2D eigenvalue weighted by atomic mass is 32.1. The maximum atomic E-state index is 12.8. The number of nitrogens with one attached hydrogen (secondary N) is 3. The Morgan fingerprint density at radius 3 is 2.62 bits per heavy atom. The lowest BCUT2D eigenvalue weighted by molar-refractivity contribution is -0.130. The van der Waals surface area contributed by atoms with Gasteiger partial charge in [-0.2, -0.15) is 5.26 Å². The van der Waals surface area contributed by atoms with E-state index in [0.29, 0.717) is 11.4 Å². The first-order valence-electron chi connectivity index (χ1n) is 9.58. The van der Waals surface area contributed by atoms with Gasteiger partial charge >= 0.3 is 0 Å². The van der Waals surface area contributed by atoms with E-state index in [2.05, 4.69) is 21.9 Å². The van der Waals surface area contributed by atoms with Crippen LogP contribution in [0.2, 0.25) is 0 Å². The maximum absolute atomic E-state index is 12.8. The summed E-state index contributed by atoms with van der Waals surface area (Å²) in [4.78, 5) is 36.9. The Bertz CT molecular complexity index is 1290. The standard InChI is InChI=1S/C22H23N5O4S/c1-5-10-24-18(28)16(12-23)20-27(6-2)19(29)17(32-20)13-25-14-8-7-9-15(11-14)26-21(30)22(3,4)31/h1,7-9,11,13,25,31H,6,10H2,2-4H3,(H,24,28)(H,26,30). The molecule has 9 nitrogen and oxygen atoms in total. The first-order valence-corrected chi connectivity index (χ1v) is 10.4. The second-order valence-electron chi connectivity index (χ2n) is 7.08. The molecule has 32 heavy (non-hydrogen) atoms. The third-order valence-electron chi connectivity index (χ3n) is 4.17. The van der Waals surface area contributed by atoms with Crippen LogP contribution in [0.15, 0.2) is 29.1 Å². The zero-order valence-electron chi connectivity index (χ0n) is 17.9. The fourth-order valence-corrected chi connectivity index (χ4v) is 3.61. The summed E-state index contributed by atoms with van der Waals surface area (Å²) in [6.07, 6.45) is 6.60. The molecule has 0 bridgehead atoms. The fraction of sp³-hybridized carbons (Fsp3) is 0.273. The molecule has 0 aliphatic rings. The highest BCUT2D eigenvalue weighted by Gasteiger charge is 2.23. The Labute approximate surface area is 188 Å². The minimum Gasteiger partial charge on any atom is -0.381 e. The van der Waals surface area contributed by atoms with E-state index in [1.165, 1.54) is 24.6 Å². The minimum atomic E-state index is -1.53. The summed E-state index contributed by atoms with van der Waals surface area (Å²) in [5.74, 6) is 1.05. The van der Waals surface area contributed by atoms with Gasteiger partial charge in [0.1, 0.15) is 20.9 Å². The molecule has 2 amide bonds. The number of hydrogen-bond donors (Lipinski definition) is 4. The number of thiazole rings is 1. The zero-order valence-corrected chi connectivity index (χ0v) is 18.7. The normalized spacial score (nSPS) is 12.4. The predicted octanol–water partition coefficient (Wildman–Crippen LogP) is -0.0871. The van der Waals surface area contributed by atoms with Gasteiger partial charge in [-0.05, 0) is 39.0 Å². The topological polar surface area (TPSA) is 136 Å². The van der Waals surface area contributed by atoms with Crippen LogP contribution in [0.25, 0.3) is 11.8 Å².